The van der Waals surface area contributed by atoms with Gasteiger partial charge in [0.25, 0.3) is 0 Å². The zero-order valence-corrected chi connectivity index (χ0v) is 16.7. The normalized spacial score (nSPS) is 19.1. The van der Waals surface area contributed by atoms with Crippen molar-refractivity contribution < 1.29 is 29.2 Å². The first-order valence-electron chi connectivity index (χ1n) is 10.1. The van der Waals surface area contributed by atoms with Crippen LogP contribution in [0.5, 0.6) is 5.75 Å². The van der Waals surface area contributed by atoms with E-state index in [1.54, 1.807) is 4.57 Å². The van der Waals surface area contributed by atoms with Gasteiger partial charge in [0.1, 0.15) is 11.3 Å². The first kappa shape index (κ1) is 20.6. The summed E-state index contributed by atoms with van der Waals surface area (Å²) in [6.07, 6.45) is 3.69. The Kier molecular flexibility index (Phi) is 5.42. The third kappa shape index (κ3) is 3.31. The van der Waals surface area contributed by atoms with Crippen LogP contribution in [-0.2, 0) is 0 Å². The molecule has 1 saturated heterocycles. The Morgan fingerprint density at radius 3 is 2.57 bits per heavy atom. The van der Waals surface area contributed by atoms with E-state index in [1.165, 1.54) is 13.3 Å². The first-order valence-corrected chi connectivity index (χ1v) is 10.1. The molecule has 9 heteroatoms. The number of hydrogen-bond acceptors (Lipinski definition) is 6. The molecule has 3 N–H and O–H groups in total. The Labute approximate surface area is 172 Å². The molecule has 2 heterocycles. The number of halogens is 1. The molecule has 1 unspecified atom stereocenters. The van der Waals surface area contributed by atoms with E-state index in [9.17, 15) is 24.9 Å². The Morgan fingerprint density at radius 1 is 1.30 bits per heavy atom. The predicted molar refractivity (Wildman–Crippen MR) is 108 cm³/mol. The lowest BCUT2D eigenvalue weighted by atomic mass is 9.93. The zero-order chi connectivity index (χ0) is 21.6. The lowest BCUT2D eigenvalue weighted by Crippen LogP contribution is -2.28. The predicted octanol–water partition coefficient (Wildman–Crippen LogP) is 1.61. The highest BCUT2D eigenvalue weighted by atomic mass is 19.1. The van der Waals surface area contributed by atoms with Crippen molar-refractivity contribution in [2.45, 2.75) is 25.3 Å². The summed E-state index contributed by atoms with van der Waals surface area (Å²) in [6, 6.07) is 1.14. The number of rotatable bonds is 7. The maximum absolute atomic E-state index is 15.3. The van der Waals surface area contributed by atoms with Crippen molar-refractivity contribution in [3.8, 4) is 5.75 Å². The molecule has 162 valence electrons. The molecule has 1 atom stereocenters. The molecule has 1 aromatic heterocycles. The fourth-order valence-electron chi connectivity index (χ4n) is 4.46. The van der Waals surface area contributed by atoms with Gasteiger partial charge in [0.05, 0.1) is 18.0 Å². The molecule has 2 aliphatic rings. The van der Waals surface area contributed by atoms with Gasteiger partial charge in [-0.3, -0.25) is 4.79 Å². The molecule has 30 heavy (non-hydrogen) atoms. The molecule has 8 nitrogen and oxygen atoms in total. The number of carbonyl (C=O) groups is 1. The highest BCUT2D eigenvalue weighted by Crippen LogP contribution is 2.44. The van der Waals surface area contributed by atoms with Crippen LogP contribution < -0.4 is 15.1 Å². The van der Waals surface area contributed by atoms with Crippen molar-refractivity contribution >= 4 is 22.6 Å². The summed E-state index contributed by atoms with van der Waals surface area (Å²) in [7, 11) is 1.41. The summed E-state index contributed by atoms with van der Waals surface area (Å²) in [4.78, 5) is 26.1. The minimum atomic E-state index is -1.35. The van der Waals surface area contributed by atoms with Gasteiger partial charge in [-0.2, -0.15) is 0 Å². The van der Waals surface area contributed by atoms with Gasteiger partial charge in [-0.05, 0) is 31.2 Å². The largest absolute Gasteiger partial charge is 0.492 e. The van der Waals surface area contributed by atoms with Crippen molar-refractivity contribution in [3.05, 3.63) is 33.9 Å². The Bertz CT molecular complexity index is 1040. The highest BCUT2D eigenvalue weighted by Gasteiger charge is 2.35. The Hall–Kier alpha value is -2.65. The summed E-state index contributed by atoms with van der Waals surface area (Å²) in [5, 5.41) is 28.4. The molecule has 2 fully saturated rings. The Balaban J connectivity index is 1.89. The second-order valence-electron chi connectivity index (χ2n) is 8.07. The van der Waals surface area contributed by atoms with E-state index in [1.807, 2.05) is 4.90 Å². The van der Waals surface area contributed by atoms with Crippen molar-refractivity contribution in [1.29, 1.82) is 0 Å². The average Bonchev–Trinajstić information content (AvgIpc) is 3.46. The number of pyridine rings is 1. The number of fused-ring (bicyclic) bond motifs is 1. The van der Waals surface area contributed by atoms with Gasteiger partial charge in [-0.15, -0.1) is 0 Å². The van der Waals surface area contributed by atoms with Crippen LogP contribution in [0.3, 0.4) is 0 Å². The average molecular weight is 420 g/mol. The van der Waals surface area contributed by atoms with Crippen molar-refractivity contribution in [2.24, 2.45) is 11.8 Å². The van der Waals surface area contributed by atoms with Crippen LogP contribution in [0.2, 0.25) is 0 Å². The molecule has 1 aliphatic carbocycles. The van der Waals surface area contributed by atoms with Gasteiger partial charge < -0.3 is 29.5 Å². The number of aliphatic hydroxyl groups is 2. The van der Waals surface area contributed by atoms with E-state index < -0.39 is 22.8 Å². The smallest absolute Gasteiger partial charge is 0.341 e. The lowest BCUT2D eigenvalue weighted by molar-refractivity contribution is 0.0694. The molecule has 1 aliphatic heterocycles. The fourth-order valence-corrected chi connectivity index (χ4v) is 4.46. The molecule has 0 spiro atoms. The van der Waals surface area contributed by atoms with Crippen molar-refractivity contribution in [2.75, 3.05) is 38.3 Å². The van der Waals surface area contributed by atoms with E-state index >= 15 is 4.39 Å². The van der Waals surface area contributed by atoms with Crippen molar-refractivity contribution in [3.63, 3.8) is 0 Å². The lowest BCUT2D eigenvalue weighted by Gasteiger charge is -2.25. The van der Waals surface area contributed by atoms with E-state index in [2.05, 4.69) is 0 Å². The van der Waals surface area contributed by atoms with Crippen LogP contribution in [0, 0.1) is 17.7 Å². The monoisotopic (exact) mass is 420 g/mol. The maximum Gasteiger partial charge on any atom is 0.341 e. The number of hydrogen-bond donors (Lipinski definition) is 3. The third-order valence-corrected chi connectivity index (χ3v) is 6.25. The van der Waals surface area contributed by atoms with Gasteiger partial charge in [0.15, 0.2) is 11.6 Å². The number of anilines is 1. The second-order valence-corrected chi connectivity index (χ2v) is 8.07. The number of carboxylic acid groups (broad SMARTS) is 1. The van der Waals surface area contributed by atoms with Gasteiger partial charge in [-0.25, -0.2) is 9.18 Å². The molecule has 1 saturated carbocycles. The van der Waals surface area contributed by atoms with Crippen LogP contribution in [0.4, 0.5) is 10.1 Å². The van der Waals surface area contributed by atoms with Crippen LogP contribution in [0.15, 0.2) is 17.1 Å². The topological polar surface area (TPSA) is 112 Å². The molecule has 0 amide bonds. The van der Waals surface area contributed by atoms with Crippen LogP contribution in [0.25, 0.3) is 10.9 Å². The van der Waals surface area contributed by atoms with Gasteiger partial charge in [0, 0.05) is 44.5 Å². The molecule has 0 radical (unpaired) electrons. The zero-order valence-electron chi connectivity index (χ0n) is 16.7. The Morgan fingerprint density at radius 2 is 2.00 bits per heavy atom. The van der Waals surface area contributed by atoms with Crippen LogP contribution in [0.1, 0.15) is 35.7 Å². The molecule has 4 rings (SSSR count). The summed E-state index contributed by atoms with van der Waals surface area (Å²) >= 11 is 0. The second kappa shape index (κ2) is 7.88. The number of nitrogens with zero attached hydrogens (tertiary/aromatic N) is 2. The van der Waals surface area contributed by atoms with E-state index in [-0.39, 0.29) is 47.9 Å². The molecule has 1 aromatic carbocycles. The van der Waals surface area contributed by atoms with Crippen LogP contribution >= 0.6 is 0 Å². The standard InChI is InChI=1S/C21H25FN2O6/c1-30-20-17-14(19(27)15(21(28)29)8-24(17)13-2-3-13)6-16(22)18(20)23-5-4-11(7-23)12(9-25)10-26/h6,8,11-13,25-26H,2-5,7,9-10H2,1H3,(H,28,29). The van der Waals surface area contributed by atoms with Gasteiger partial charge >= 0.3 is 5.97 Å². The van der Waals surface area contributed by atoms with E-state index in [0.29, 0.717) is 25.0 Å². The number of aromatic carboxylic acids is 1. The number of benzene rings is 1. The summed E-state index contributed by atoms with van der Waals surface area (Å²) < 4.78 is 22.6. The van der Waals surface area contributed by atoms with Gasteiger partial charge in [-0.1, -0.05) is 0 Å². The van der Waals surface area contributed by atoms with Crippen LogP contribution in [-0.4, -0.2) is 59.3 Å². The van der Waals surface area contributed by atoms with E-state index in [4.69, 9.17) is 4.74 Å². The molecular weight excluding hydrogens is 395 g/mol. The minimum Gasteiger partial charge on any atom is -0.492 e. The number of aliphatic hydroxyl groups excluding tert-OH is 2. The van der Waals surface area contributed by atoms with Gasteiger partial charge in [0.2, 0.25) is 5.43 Å². The number of methoxy groups -OCH3 is 1. The molecule has 0 bridgehead atoms. The van der Waals surface area contributed by atoms with Crippen molar-refractivity contribution in [1.82, 2.24) is 4.57 Å². The summed E-state index contributed by atoms with van der Waals surface area (Å²) in [5.74, 6) is -2.09. The molecule has 2 aromatic rings. The maximum atomic E-state index is 15.3. The SMILES string of the molecule is COc1c(N2CCC(C(CO)CO)C2)c(F)cc2c(=O)c(C(=O)O)cn(C3CC3)c12. The third-order valence-electron chi connectivity index (χ3n) is 6.25. The first-order chi connectivity index (χ1) is 14.4. The highest BCUT2D eigenvalue weighted by molar-refractivity contribution is 5.97. The van der Waals surface area contributed by atoms with E-state index in [0.717, 1.165) is 18.9 Å². The quantitative estimate of drug-likeness (QED) is 0.624. The number of ether oxygens (including phenoxy) is 1. The number of aromatic nitrogens is 1. The summed E-state index contributed by atoms with van der Waals surface area (Å²) in [5.41, 5.74) is -0.508. The minimum absolute atomic E-state index is 0.000172. The summed E-state index contributed by atoms with van der Waals surface area (Å²) in [6.45, 7) is 0.656. The molecular formula is C21H25FN2O6. The number of carboxylic acids is 1. The fraction of sp³-hybridized carbons (Fsp3) is 0.524.